The zero-order valence-electron chi connectivity index (χ0n) is 15.0. The van der Waals surface area contributed by atoms with Gasteiger partial charge in [0, 0.05) is 19.2 Å². The largest absolute Gasteiger partial charge is 0.468 e. The molecule has 0 amide bonds. The van der Waals surface area contributed by atoms with Crippen molar-refractivity contribution in [1.82, 2.24) is 10.5 Å². The number of piperidine rings is 1. The normalized spacial score (nSPS) is 20.9. The second-order valence-electron chi connectivity index (χ2n) is 7.53. The van der Waals surface area contributed by atoms with Gasteiger partial charge in [0.25, 0.3) is 0 Å². The Morgan fingerprint density at radius 1 is 1.38 bits per heavy atom. The molecule has 2 saturated heterocycles. The zero-order valence-corrected chi connectivity index (χ0v) is 15.0. The average Bonchev–Trinajstić information content (AvgIpc) is 3.00. The molecule has 0 spiro atoms. The van der Waals surface area contributed by atoms with Crippen LogP contribution in [0.4, 0.5) is 5.82 Å². The molecule has 0 radical (unpaired) electrons. The second-order valence-corrected chi connectivity index (χ2v) is 7.53. The van der Waals surface area contributed by atoms with Crippen molar-refractivity contribution in [3.05, 3.63) is 11.8 Å². The first-order valence-corrected chi connectivity index (χ1v) is 9.08. The molecule has 1 aromatic rings. The summed E-state index contributed by atoms with van der Waals surface area (Å²) in [6, 6.07) is 1.91. The Balaban J connectivity index is 1.54. The van der Waals surface area contributed by atoms with Crippen LogP contribution in [0.15, 0.2) is 10.6 Å². The van der Waals surface area contributed by atoms with Crippen LogP contribution in [0.5, 0.6) is 0 Å². The van der Waals surface area contributed by atoms with Crippen LogP contribution < -0.4 is 10.2 Å². The van der Waals surface area contributed by atoms with E-state index < -0.39 is 0 Å². The van der Waals surface area contributed by atoms with Gasteiger partial charge in [-0.05, 0) is 50.1 Å². The van der Waals surface area contributed by atoms with Gasteiger partial charge < -0.3 is 19.5 Å². The molecule has 6 heteroatoms. The van der Waals surface area contributed by atoms with Crippen LogP contribution in [-0.2, 0) is 9.53 Å². The first-order chi connectivity index (χ1) is 11.6. The van der Waals surface area contributed by atoms with E-state index in [2.05, 4.69) is 15.4 Å². The lowest BCUT2D eigenvalue weighted by Gasteiger charge is -2.41. The summed E-state index contributed by atoms with van der Waals surface area (Å²) in [6.07, 6.45) is 3.93. The van der Waals surface area contributed by atoms with Crippen LogP contribution in [0, 0.1) is 17.8 Å². The molecule has 24 heavy (non-hydrogen) atoms. The van der Waals surface area contributed by atoms with E-state index in [0.29, 0.717) is 5.76 Å². The SMILES string of the molecule is COC(=O)C(c1cc(N2CC(CC3CCNCC3)C2)no1)C(C)C. The number of carbonyl (C=O) groups excluding carboxylic acids is 1. The van der Waals surface area contributed by atoms with E-state index >= 15 is 0 Å². The summed E-state index contributed by atoms with van der Waals surface area (Å²) in [7, 11) is 1.41. The topological polar surface area (TPSA) is 67.6 Å². The van der Waals surface area contributed by atoms with Crippen molar-refractivity contribution in [3.63, 3.8) is 0 Å². The van der Waals surface area contributed by atoms with Crippen molar-refractivity contribution in [3.8, 4) is 0 Å². The number of hydrogen-bond donors (Lipinski definition) is 1. The number of nitrogens with zero attached hydrogens (tertiary/aromatic N) is 2. The molecule has 3 heterocycles. The maximum Gasteiger partial charge on any atom is 0.316 e. The first kappa shape index (κ1) is 17.3. The molecule has 0 aliphatic carbocycles. The van der Waals surface area contributed by atoms with Crippen LogP contribution in [0.1, 0.15) is 44.8 Å². The smallest absolute Gasteiger partial charge is 0.316 e. The summed E-state index contributed by atoms with van der Waals surface area (Å²) < 4.78 is 10.3. The molecule has 1 N–H and O–H groups in total. The van der Waals surface area contributed by atoms with Gasteiger partial charge in [-0.2, -0.15) is 0 Å². The van der Waals surface area contributed by atoms with Gasteiger partial charge in [0.2, 0.25) is 0 Å². The molecule has 1 atom stereocenters. The zero-order chi connectivity index (χ0) is 17.1. The number of anilines is 1. The Labute approximate surface area is 143 Å². The summed E-state index contributed by atoms with van der Waals surface area (Å²) in [5.74, 6) is 2.55. The van der Waals surface area contributed by atoms with Crippen molar-refractivity contribution >= 4 is 11.8 Å². The van der Waals surface area contributed by atoms with E-state index in [4.69, 9.17) is 9.26 Å². The van der Waals surface area contributed by atoms with Crippen molar-refractivity contribution in [2.45, 2.75) is 39.0 Å². The van der Waals surface area contributed by atoms with Gasteiger partial charge in [0.05, 0.1) is 7.11 Å². The number of aromatic nitrogens is 1. The highest BCUT2D eigenvalue weighted by Crippen LogP contribution is 2.33. The highest BCUT2D eigenvalue weighted by atomic mass is 16.5. The van der Waals surface area contributed by atoms with E-state index in [1.165, 1.54) is 26.4 Å². The third-order valence-electron chi connectivity index (χ3n) is 5.35. The summed E-state index contributed by atoms with van der Waals surface area (Å²) in [5, 5.41) is 7.60. The van der Waals surface area contributed by atoms with Crippen molar-refractivity contribution in [1.29, 1.82) is 0 Å². The Kier molecular flexibility index (Phi) is 5.43. The van der Waals surface area contributed by atoms with Gasteiger partial charge in [-0.25, -0.2) is 0 Å². The highest BCUT2D eigenvalue weighted by molar-refractivity contribution is 5.77. The number of esters is 1. The fourth-order valence-electron chi connectivity index (χ4n) is 3.91. The highest BCUT2D eigenvalue weighted by Gasteiger charge is 2.34. The second kappa shape index (κ2) is 7.55. The fraction of sp³-hybridized carbons (Fsp3) is 0.778. The van der Waals surface area contributed by atoms with Gasteiger partial charge in [0.15, 0.2) is 11.6 Å². The molecule has 2 fully saturated rings. The van der Waals surface area contributed by atoms with Crippen LogP contribution >= 0.6 is 0 Å². The van der Waals surface area contributed by atoms with Crippen molar-refractivity contribution < 1.29 is 14.1 Å². The Hall–Kier alpha value is -1.56. The summed E-state index contributed by atoms with van der Waals surface area (Å²) >= 11 is 0. The van der Waals surface area contributed by atoms with E-state index in [9.17, 15) is 4.79 Å². The molecule has 6 nitrogen and oxygen atoms in total. The van der Waals surface area contributed by atoms with Crippen molar-refractivity contribution in [2.75, 3.05) is 38.2 Å². The van der Waals surface area contributed by atoms with E-state index in [-0.39, 0.29) is 17.8 Å². The minimum Gasteiger partial charge on any atom is -0.468 e. The van der Waals surface area contributed by atoms with Crippen LogP contribution in [0.3, 0.4) is 0 Å². The number of ether oxygens (including phenoxy) is 1. The molecule has 0 aromatic carbocycles. The third kappa shape index (κ3) is 3.74. The molecule has 0 saturated carbocycles. The monoisotopic (exact) mass is 335 g/mol. The average molecular weight is 335 g/mol. The number of hydrogen-bond acceptors (Lipinski definition) is 6. The summed E-state index contributed by atoms with van der Waals surface area (Å²) in [6.45, 7) is 8.39. The lowest BCUT2D eigenvalue weighted by molar-refractivity contribution is -0.144. The predicted molar refractivity (Wildman–Crippen MR) is 92.0 cm³/mol. The minimum atomic E-state index is -0.386. The number of rotatable bonds is 6. The predicted octanol–water partition coefficient (Wildman–Crippen LogP) is 2.41. The van der Waals surface area contributed by atoms with Crippen LogP contribution in [0.2, 0.25) is 0 Å². The minimum absolute atomic E-state index is 0.113. The van der Waals surface area contributed by atoms with Gasteiger partial charge in [-0.3, -0.25) is 4.79 Å². The summed E-state index contributed by atoms with van der Waals surface area (Å²) in [5.41, 5.74) is 0. The van der Waals surface area contributed by atoms with Gasteiger partial charge in [-0.15, -0.1) is 0 Å². The Morgan fingerprint density at radius 2 is 2.08 bits per heavy atom. The number of nitrogens with one attached hydrogen (secondary N) is 1. The molecule has 3 rings (SSSR count). The van der Waals surface area contributed by atoms with Crippen LogP contribution in [-0.4, -0.2) is 44.4 Å². The van der Waals surface area contributed by atoms with Gasteiger partial charge in [-0.1, -0.05) is 19.0 Å². The first-order valence-electron chi connectivity index (χ1n) is 9.08. The quantitative estimate of drug-likeness (QED) is 0.805. The summed E-state index contributed by atoms with van der Waals surface area (Å²) in [4.78, 5) is 14.2. The molecular formula is C18H29N3O3. The fourth-order valence-corrected chi connectivity index (χ4v) is 3.91. The number of methoxy groups -OCH3 is 1. The molecule has 0 bridgehead atoms. The Bertz CT molecular complexity index is 545. The lowest BCUT2D eigenvalue weighted by Crippen LogP contribution is -2.48. The van der Waals surface area contributed by atoms with E-state index in [1.807, 2.05) is 19.9 Å². The molecule has 134 valence electrons. The Morgan fingerprint density at radius 3 is 2.71 bits per heavy atom. The van der Waals surface area contributed by atoms with E-state index in [1.54, 1.807) is 0 Å². The molecule has 1 unspecified atom stereocenters. The van der Waals surface area contributed by atoms with E-state index in [0.717, 1.165) is 43.8 Å². The number of carbonyl (C=O) groups is 1. The van der Waals surface area contributed by atoms with Crippen LogP contribution in [0.25, 0.3) is 0 Å². The van der Waals surface area contributed by atoms with Gasteiger partial charge >= 0.3 is 5.97 Å². The lowest BCUT2D eigenvalue weighted by atomic mass is 9.84. The molecular weight excluding hydrogens is 306 g/mol. The molecule has 2 aliphatic rings. The molecule has 2 aliphatic heterocycles. The maximum absolute atomic E-state index is 12.0. The van der Waals surface area contributed by atoms with Gasteiger partial charge in [0.1, 0.15) is 5.92 Å². The maximum atomic E-state index is 12.0. The standard InChI is InChI=1S/C18H29N3O3/c1-12(2)17(18(22)23-3)15-9-16(20-24-15)21-10-14(11-21)8-13-4-6-19-7-5-13/h9,12-14,17,19H,4-8,10-11H2,1-3H3. The third-order valence-corrected chi connectivity index (χ3v) is 5.35. The van der Waals surface area contributed by atoms with Crippen molar-refractivity contribution in [2.24, 2.45) is 17.8 Å². The molecule has 1 aromatic heterocycles.